The molecular weight excluding hydrogens is 190 g/mol. The Bertz CT molecular complexity index is 280. The van der Waals surface area contributed by atoms with Gasteiger partial charge in [-0.05, 0) is 18.8 Å². The number of aliphatic imine (C=N–C) groups is 1. The zero-order chi connectivity index (χ0) is 10.8. The maximum Gasteiger partial charge on any atom is 0.288 e. The number of carbonyl (C=O) groups is 1. The molecule has 4 nitrogen and oxygen atoms in total. The first-order valence-electron chi connectivity index (χ1n) is 5.74. The van der Waals surface area contributed by atoms with Crippen molar-refractivity contribution >= 4 is 11.7 Å². The number of likely N-dealkylation sites (N-methyl/N-ethyl adjacent to an activating group) is 1. The van der Waals surface area contributed by atoms with Crippen LogP contribution in [0.15, 0.2) is 4.99 Å². The second-order valence-corrected chi connectivity index (χ2v) is 4.66. The SMILES string of the molecule is CN(C)C1=NC(C2CCCCC2)NC1=O. The number of nitrogens with zero attached hydrogens (tertiary/aromatic N) is 2. The Hall–Kier alpha value is -1.06. The molecule has 0 aromatic carbocycles. The molecule has 0 bridgehead atoms. The molecule has 1 unspecified atom stereocenters. The molecule has 0 aromatic rings. The van der Waals surface area contributed by atoms with Crippen LogP contribution >= 0.6 is 0 Å². The lowest BCUT2D eigenvalue weighted by atomic mass is 9.87. The van der Waals surface area contributed by atoms with E-state index in [-0.39, 0.29) is 12.1 Å². The Labute approximate surface area is 90.7 Å². The number of amides is 1. The third kappa shape index (κ3) is 2.13. The highest BCUT2D eigenvalue weighted by molar-refractivity contribution is 6.39. The summed E-state index contributed by atoms with van der Waals surface area (Å²) in [6, 6.07) is 0. The molecule has 0 spiro atoms. The summed E-state index contributed by atoms with van der Waals surface area (Å²) in [4.78, 5) is 17.8. The molecule has 1 saturated carbocycles. The van der Waals surface area contributed by atoms with E-state index >= 15 is 0 Å². The van der Waals surface area contributed by atoms with E-state index in [1.807, 2.05) is 14.1 Å². The van der Waals surface area contributed by atoms with Gasteiger partial charge in [0.15, 0.2) is 5.84 Å². The van der Waals surface area contributed by atoms with Crippen LogP contribution in [0.2, 0.25) is 0 Å². The van der Waals surface area contributed by atoms with Crippen molar-refractivity contribution in [1.29, 1.82) is 0 Å². The monoisotopic (exact) mass is 209 g/mol. The van der Waals surface area contributed by atoms with E-state index in [1.165, 1.54) is 32.1 Å². The predicted octanol–water partition coefficient (Wildman–Crippen LogP) is 0.983. The lowest BCUT2D eigenvalue weighted by Gasteiger charge is -2.25. The zero-order valence-electron chi connectivity index (χ0n) is 9.49. The summed E-state index contributed by atoms with van der Waals surface area (Å²) < 4.78 is 0. The van der Waals surface area contributed by atoms with Gasteiger partial charge in [0.1, 0.15) is 6.17 Å². The highest BCUT2D eigenvalue weighted by atomic mass is 16.2. The van der Waals surface area contributed by atoms with Crippen LogP contribution < -0.4 is 5.32 Å². The van der Waals surface area contributed by atoms with Crippen molar-refractivity contribution < 1.29 is 4.79 Å². The minimum atomic E-state index is -0.0180. The van der Waals surface area contributed by atoms with E-state index in [2.05, 4.69) is 10.3 Å². The van der Waals surface area contributed by atoms with Crippen LogP contribution in [-0.2, 0) is 4.79 Å². The summed E-state index contributed by atoms with van der Waals surface area (Å²) in [7, 11) is 3.73. The Morgan fingerprint density at radius 1 is 1.27 bits per heavy atom. The van der Waals surface area contributed by atoms with Gasteiger partial charge in [-0.1, -0.05) is 19.3 Å². The van der Waals surface area contributed by atoms with Crippen LogP contribution in [0.5, 0.6) is 0 Å². The lowest BCUT2D eigenvalue weighted by molar-refractivity contribution is -0.115. The van der Waals surface area contributed by atoms with Gasteiger partial charge in [-0.25, -0.2) is 4.99 Å². The number of carbonyl (C=O) groups excluding carboxylic acids is 1. The first-order valence-corrected chi connectivity index (χ1v) is 5.74. The van der Waals surface area contributed by atoms with Crippen molar-refractivity contribution in [3.05, 3.63) is 0 Å². The Morgan fingerprint density at radius 3 is 2.47 bits per heavy atom. The molecule has 1 atom stereocenters. The average Bonchev–Trinajstić information content (AvgIpc) is 2.62. The quantitative estimate of drug-likeness (QED) is 0.699. The van der Waals surface area contributed by atoms with Crippen LogP contribution in [-0.4, -0.2) is 36.9 Å². The second-order valence-electron chi connectivity index (χ2n) is 4.66. The molecule has 84 valence electrons. The number of amidine groups is 1. The van der Waals surface area contributed by atoms with Gasteiger partial charge in [0.25, 0.3) is 5.91 Å². The van der Waals surface area contributed by atoms with Crippen LogP contribution in [0.1, 0.15) is 32.1 Å². The van der Waals surface area contributed by atoms with Gasteiger partial charge in [0.05, 0.1) is 0 Å². The standard InChI is InChI=1S/C11H19N3O/c1-14(2)10-11(15)13-9(12-10)8-6-4-3-5-7-8/h8-9H,3-7H2,1-2H3,(H,13,15). The van der Waals surface area contributed by atoms with E-state index in [0.717, 1.165) is 0 Å². The maximum atomic E-state index is 11.6. The minimum Gasteiger partial charge on any atom is -0.358 e. The molecule has 1 amide bonds. The molecular formula is C11H19N3O. The second kappa shape index (κ2) is 4.21. The van der Waals surface area contributed by atoms with Gasteiger partial charge < -0.3 is 10.2 Å². The molecule has 0 aromatic heterocycles. The molecule has 2 rings (SSSR count). The summed E-state index contributed by atoms with van der Waals surface area (Å²) in [5.74, 6) is 1.11. The number of nitrogens with one attached hydrogen (secondary N) is 1. The highest BCUT2D eigenvalue weighted by Crippen LogP contribution is 2.28. The van der Waals surface area contributed by atoms with Crippen molar-refractivity contribution in [3.63, 3.8) is 0 Å². The summed E-state index contributed by atoms with van der Waals surface area (Å²) >= 11 is 0. The predicted molar refractivity (Wildman–Crippen MR) is 59.6 cm³/mol. The van der Waals surface area contributed by atoms with Gasteiger partial charge in [-0.3, -0.25) is 4.79 Å². The number of hydrogen-bond donors (Lipinski definition) is 1. The maximum absolute atomic E-state index is 11.6. The van der Waals surface area contributed by atoms with Crippen LogP contribution in [0, 0.1) is 5.92 Å². The van der Waals surface area contributed by atoms with Gasteiger partial charge in [0, 0.05) is 14.1 Å². The zero-order valence-corrected chi connectivity index (χ0v) is 9.49. The van der Waals surface area contributed by atoms with Gasteiger partial charge in [-0.2, -0.15) is 0 Å². The summed E-state index contributed by atoms with van der Waals surface area (Å²) in [5, 5.41) is 2.97. The van der Waals surface area contributed by atoms with Crippen LogP contribution in [0.4, 0.5) is 0 Å². The molecule has 15 heavy (non-hydrogen) atoms. The normalized spacial score (nSPS) is 27.5. The smallest absolute Gasteiger partial charge is 0.288 e. The minimum absolute atomic E-state index is 0.0180. The van der Waals surface area contributed by atoms with Gasteiger partial charge in [-0.15, -0.1) is 0 Å². The lowest BCUT2D eigenvalue weighted by Crippen LogP contribution is -2.38. The van der Waals surface area contributed by atoms with E-state index in [4.69, 9.17) is 0 Å². The Morgan fingerprint density at radius 2 is 1.93 bits per heavy atom. The van der Waals surface area contributed by atoms with Crippen molar-refractivity contribution in [2.75, 3.05) is 14.1 Å². The summed E-state index contributed by atoms with van der Waals surface area (Å²) in [5.41, 5.74) is 0. The van der Waals surface area contributed by atoms with Crippen molar-refractivity contribution in [2.45, 2.75) is 38.3 Å². The fourth-order valence-corrected chi connectivity index (χ4v) is 2.41. The van der Waals surface area contributed by atoms with Gasteiger partial charge >= 0.3 is 0 Å². The Balaban J connectivity index is 2.03. The van der Waals surface area contributed by atoms with Crippen LogP contribution in [0.25, 0.3) is 0 Å². The topological polar surface area (TPSA) is 44.7 Å². The molecule has 4 heteroatoms. The van der Waals surface area contributed by atoms with E-state index < -0.39 is 0 Å². The fraction of sp³-hybridized carbons (Fsp3) is 0.818. The number of rotatable bonds is 1. The van der Waals surface area contributed by atoms with E-state index in [0.29, 0.717) is 11.8 Å². The molecule has 1 fully saturated rings. The highest BCUT2D eigenvalue weighted by Gasteiger charge is 2.32. The number of hydrogen-bond acceptors (Lipinski definition) is 3. The molecule has 0 radical (unpaired) electrons. The van der Waals surface area contributed by atoms with E-state index in [9.17, 15) is 4.79 Å². The molecule has 1 heterocycles. The first kappa shape index (κ1) is 10.5. The first-order chi connectivity index (χ1) is 7.18. The Kier molecular flexibility index (Phi) is 2.93. The van der Waals surface area contributed by atoms with Crippen molar-refractivity contribution in [1.82, 2.24) is 10.2 Å². The molecule has 0 saturated heterocycles. The molecule has 1 aliphatic carbocycles. The largest absolute Gasteiger partial charge is 0.358 e. The van der Waals surface area contributed by atoms with Crippen molar-refractivity contribution in [3.8, 4) is 0 Å². The summed E-state index contributed by atoms with van der Waals surface area (Å²) in [6.45, 7) is 0. The van der Waals surface area contributed by atoms with Gasteiger partial charge in [0.2, 0.25) is 0 Å². The fourth-order valence-electron chi connectivity index (χ4n) is 2.41. The summed E-state index contributed by atoms with van der Waals surface area (Å²) in [6.07, 6.45) is 6.34. The third-order valence-electron chi connectivity index (χ3n) is 3.26. The van der Waals surface area contributed by atoms with E-state index in [1.54, 1.807) is 4.90 Å². The molecule has 1 N–H and O–H groups in total. The van der Waals surface area contributed by atoms with Crippen molar-refractivity contribution in [2.24, 2.45) is 10.9 Å². The molecule has 2 aliphatic rings. The average molecular weight is 209 g/mol. The third-order valence-corrected chi connectivity index (χ3v) is 3.26. The molecule has 1 aliphatic heterocycles. The van der Waals surface area contributed by atoms with Crippen LogP contribution in [0.3, 0.4) is 0 Å².